The van der Waals surface area contributed by atoms with Crippen LogP contribution in [0.1, 0.15) is 32.0 Å². The van der Waals surface area contributed by atoms with Crippen LogP contribution in [-0.4, -0.2) is 55.8 Å². The van der Waals surface area contributed by atoms with Crippen LogP contribution in [0.25, 0.3) is 10.9 Å². The van der Waals surface area contributed by atoms with E-state index >= 15 is 4.39 Å². The van der Waals surface area contributed by atoms with Gasteiger partial charge >= 0.3 is 6.09 Å². The zero-order valence-corrected chi connectivity index (χ0v) is 23.5. The van der Waals surface area contributed by atoms with Crippen LogP contribution in [0.5, 0.6) is 0 Å². The average molecular weight is 566 g/mol. The first-order valence-electron chi connectivity index (χ1n) is 10.9. The molecule has 1 aromatic carbocycles. The van der Waals surface area contributed by atoms with Crippen LogP contribution in [0.3, 0.4) is 0 Å². The number of nitrogens with zero attached hydrogens (tertiary/aromatic N) is 4. The highest BCUT2D eigenvalue weighted by Gasteiger charge is 2.29. The number of benzene rings is 1. The quantitative estimate of drug-likeness (QED) is 0.243. The Morgan fingerprint density at radius 3 is 2.41 bits per heavy atom. The third-order valence-corrected chi connectivity index (χ3v) is 7.18. The minimum Gasteiger partial charge on any atom is -0.444 e. The summed E-state index contributed by atoms with van der Waals surface area (Å²) >= 11 is 9.47. The molecule has 1 aromatic heterocycles. The van der Waals surface area contributed by atoms with Crippen molar-refractivity contribution in [3.8, 4) is 17.5 Å². The highest BCUT2D eigenvalue weighted by atomic mass is 79.9. The molecule has 10 heteroatoms. The van der Waals surface area contributed by atoms with Gasteiger partial charge in [-0.05, 0) is 42.8 Å². The summed E-state index contributed by atoms with van der Waals surface area (Å²) < 4.78 is 20.8. The van der Waals surface area contributed by atoms with Crippen LogP contribution in [0.4, 0.5) is 14.9 Å². The van der Waals surface area contributed by atoms with Crippen LogP contribution in [0.15, 0.2) is 10.5 Å². The maximum Gasteiger partial charge on any atom is 0.410 e. The average Bonchev–Trinajstić information content (AvgIpc) is 2.74. The van der Waals surface area contributed by atoms with Gasteiger partial charge in [-0.2, -0.15) is 5.26 Å². The standard InChI is InChI=1S/C24H27BrClFN4O2Si/c1-24(2,3)33-23(32)31-10-8-30(9-11-31)22-15-13-17(26)19(25)20(27)21(15)29-18(16(22)14-28)7-12-34(4,5)6/h13H,8-11H2,1-6H3. The number of fused-ring (bicyclic) bond motifs is 1. The number of hydrogen-bond acceptors (Lipinski definition) is 5. The fourth-order valence-corrected chi connectivity index (χ4v) is 4.49. The van der Waals surface area contributed by atoms with E-state index in [0.29, 0.717) is 37.3 Å². The normalized spacial score (nSPS) is 14.5. The van der Waals surface area contributed by atoms with Gasteiger partial charge in [-0.1, -0.05) is 37.2 Å². The Balaban J connectivity index is 2.11. The number of amides is 1. The third-order valence-electron chi connectivity index (χ3n) is 5.00. The lowest BCUT2D eigenvalue weighted by atomic mass is 10.0. The van der Waals surface area contributed by atoms with E-state index in [1.54, 1.807) is 11.0 Å². The van der Waals surface area contributed by atoms with E-state index in [1.165, 1.54) is 0 Å². The number of halogens is 3. The van der Waals surface area contributed by atoms with Gasteiger partial charge in [-0.15, -0.1) is 5.54 Å². The first-order chi connectivity index (χ1) is 15.7. The number of rotatable bonds is 1. The van der Waals surface area contributed by atoms with Crippen molar-refractivity contribution in [2.75, 3.05) is 31.1 Å². The molecule has 1 fully saturated rings. The topological polar surface area (TPSA) is 69.5 Å². The predicted molar refractivity (Wildman–Crippen MR) is 139 cm³/mol. The van der Waals surface area contributed by atoms with Gasteiger partial charge in [0.15, 0.2) is 5.82 Å². The Morgan fingerprint density at radius 1 is 1.26 bits per heavy atom. The fourth-order valence-electron chi connectivity index (χ4n) is 3.50. The highest BCUT2D eigenvalue weighted by molar-refractivity contribution is 9.10. The van der Waals surface area contributed by atoms with Crippen molar-refractivity contribution >= 4 is 58.3 Å². The number of pyridine rings is 1. The van der Waals surface area contributed by atoms with Crippen LogP contribution in [-0.2, 0) is 4.74 Å². The molecule has 6 nitrogen and oxygen atoms in total. The van der Waals surface area contributed by atoms with Crippen molar-refractivity contribution < 1.29 is 13.9 Å². The van der Waals surface area contributed by atoms with Gasteiger partial charge in [0.1, 0.15) is 36.5 Å². The molecule has 0 saturated carbocycles. The lowest BCUT2D eigenvalue weighted by Crippen LogP contribution is -2.50. The van der Waals surface area contributed by atoms with Crippen LogP contribution < -0.4 is 4.90 Å². The van der Waals surface area contributed by atoms with Gasteiger partial charge in [-0.25, -0.2) is 14.2 Å². The van der Waals surface area contributed by atoms with Gasteiger partial charge in [0.25, 0.3) is 0 Å². The summed E-state index contributed by atoms with van der Waals surface area (Å²) in [6.07, 6.45) is -0.382. The Kier molecular flexibility index (Phi) is 7.52. The lowest BCUT2D eigenvalue weighted by molar-refractivity contribution is 0.0240. The molecule has 0 aliphatic carbocycles. The van der Waals surface area contributed by atoms with Gasteiger partial charge in [-0.3, -0.25) is 0 Å². The molecule has 0 radical (unpaired) electrons. The van der Waals surface area contributed by atoms with Crippen molar-refractivity contribution in [2.45, 2.75) is 46.0 Å². The number of carbonyl (C=O) groups is 1. The number of carbonyl (C=O) groups excluding carboxylic acids is 1. The minimum atomic E-state index is -1.78. The molecule has 1 aliphatic rings. The molecular formula is C24H27BrClFN4O2Si. The Bertz CT molecular complexity index is 1250. The molecule has 1 saturated heterocycles. The van der Waals surface area contributed by atoms with E-state index in [9.17, 15) is 10.1 Å². The third kappa shape index (κ3) is 5.83. The summed E-state index contributed by atoms with van der Waals surface area (Å²) in [5.74, 6) is 2.44. The van der Waals surface area contributed by atoms with Crippen molar-refractivity contribution in [3.63, 3.8) is 0 Å². The van der Waals surface area contributed by atoms with Crippen molar-refractivity contribution in [1.82, 2.24) is 9.88 Å². The number of nitriles is 1. The van der Waals surface area contributed by atoms with E-state index in [1.807, 2.05) is 25.7 Å². The molecule has 0 N–H and O–H groups in total. The molecular weight excluding hydrogens is 539 g/mol. The largest absolute Gasteiger partial charge is 0.444 e. The van der Waals surface area contributed by atoms with E-state index in [0.717, 1.165) is 0 Å². The zero-order chi connectivity index (χ0) is 25.4. The van der Waals surface area contributed by atoms with Gasteiger partial charge in [0, 0.05) is 31.6 Å². The van der Waals surface area contributed by atoms with Gasteiger partial charge < -0.3 is 14.5 Å². The van der Waals surface area contributed by atoms with E-state index < -0.39 is 19.5 Å². The van der Waals surface area contributed by atoms with Crippen LogP contribution in [0.2, 0.25) is 24.7 Å². The van der Waals surface area contributed by atoms with Crippen molar-refractivity contribution in [2.24, 2.45) is 0 Å². The van der Waals surface area contributed by atoms with Crippen molar-refractivity contribution in [1.29, 1.82) is 5.26 Å². The summed E-state index contributed by atoms with van der Waals surface area (Å²) in [5.41, 5.74) is 3.79. The molecule has 2 aromatic rings. The molecule has 0 bridgehead atoms. The van der Waals surface area contributed by atoms with E-state index in [4.69, 9.17) is 16.3 Å². The van der Waals surface area contributed by atoms with E-state index in [2.05, 4.69) is 58.1 Å². The summed E-state index contributed by atoms with van der Waals surface area (Å²) in [6.45, 7) is 13.4. The lowest BCUT2D eigenvalue weighted by Gasteiger charge is -2.37. The Labute approximate surface area is 214 Å². The molecule has 180 valence electrons. The maximum atomic E-state index is 15.2. The molecule has 1 aliphatic heterocycles. The Hall–Kier alpha value is -2.33. The monoisotopic (exact) mass is 564 g/mol. The number of ether oxygens (including phenoxy) is 1. The fraction of sp³-hybridized carbons (Fsp3) is 0.458. The molecule has 0 atom stereocenters. The molecule has 2 heterocycles. The SMILES string of the molecule is CC(C)(C)OC(=O)N1CCN(c2c(C#N)c(C#C[Si](C)(C)C)nc3c(F)c(Br)c(Cl)cc23)CC1. The second kappa shape index (κ2) is 9.73. The smallest absolute Gasteiger partial charge is 0.410 e. The summed E-state index contributed by atoms with van der Waals surface area (Å²) in [7, 11) is -1.78. The van der Waals surface area contributed by atoms with Gasteiger partial charge in [0.05, 0.1) is 15.2 Å². The predicted octanol–water partition coefficient (Wildman–Crippen LogP) is 5.95. The van der Waals surface area contributed by atoms with Crippen molar-refractivity contribution in [3.05, 3.63) is 32.6 Å². The second-order valence-electron chi connectivity index (χ2n) is 10.1. The second-order valence-corrected chi connectivity index (χ2v) is 16.1. The van der Waals surface area contributed by atoms with E-state index in [-0.39, 0.29) is 32.4 Å². The Morgan fingerprint density at radius 2 is 1.88 bits per heavy atom. The summed E-state index contributed by atoms with van der Waals surface area (Å²) in [4.78, 5) is 20.5. The molecule has 3 rings (SSSR count). The number of piperazine rings is 1. The highest BCUT2D eigenvalue weighted by Crippen LogP contribution is 2.39. The van der Waals surface area contributed by atoms with Gasteiger partial charge in [0.2, 0.25) is 0 Å². The maximum absolute atomic E-state index is 15.2. The summed E-state index contributed by atoms with van der Waals surface area (Å²) in [5, 5.41) is 10.7. The first-order valence-corrected chi connectivity index (χ1v) is 15.6. The molecule has 0 spiro atoms. The zero-order valence-electron chi connectivity index (χ0n) is 20.1. The van der Waals surface area contributed by atoms with Crippen LogP contribution >= 0.6 is 27.5 Å². The number of aromatic nitrogens is 1. The molecule has 1 amide bonds. The molecule has 34 heavy (non-hydrogen) atoms. The number of anilines is 1. The first kappa shape index (κ1) is 26.3. The number of hydrogen-bond donors (Lipinski definition) is 0. The molecule has 0 unspecified atom stereocenters. The minimum absolute atomic E-state index is 0.0970. The van der Waals surface area contributed by atoms with Crippen LogP contribution in [0, 0.1) is 28.6 Å². The summed E-state index contributed by atoms with van der Waals surface area (Å²) in [6, 6.07) is 3.85.